The van der Waals surface area contributed by atoms with Crippen LogP contribution in [-0.4, -0.2) is 12.2 Å². The summed E-state index contributed by atoms with van der Waals surface area (Å²) in [5.41, 5.74) is 5.62. The minimum Gasteiger partial charge on any atom is -0.211 e. The summed E-state index contributed by atoms with van der Waals surface area (Å²) < 4.78 is 0. The molecule has 0 N–H and O–H groups in total. The standard InChI is InChI=1S/C22H24N2O2/c1-4-8-17-10-6-7-11-19(17)16(3)21-12-18(23-14-25)13-22(24-15-26)20(21)9-5-2/h6-7,10-13,16H,4-5,8-9H2,1-3H3. The highest BCUT2D eigenvalue weighted by Crippen LogP contribution is 2.38. The highest BCUT2D eigenvalue weighted by Gasteiger charge is 2.19. The third-order valence-corrected chi connectivity index (χ3v) is 4.59. The summed E-state index contributed by atoms with van der Waals surface area (Å²) in [7, 11) is 0. The van der Waals surface area contributed by atoms with E-state index in [1.54, 1.807) is 18.2 Å². The van der Waals surface area contributed by atoms with Crippen molar-refractivity contribution < 1.29 is 9.59 Å². The largest absolute Gasteiger partial charge is 0.240 e. The maximum atomic E-state index is 10.9. The van der Waals surface area contributed by atoms with Crippen molar-refractivity contribution in [2.75, 3.05) is 0 Å². The molecule has 2 aromatic rings. The van der Waals surface area contributed by atoms with Crippen molar-refractivity contribution in [3.63, 3.8) is 0 Å². The van der Waals surface area contributed by atoms with Crippen molar-refractivity contribution in [1.29, 1.82) is 0 Å². The molecular formula is C22H24N2O2. The lowest BCUT2D eigenvalue weighted by Crippen LogP contribution is -2.05. The fourth-order valence-corrected chi connectivity index (χ4v) is 3.46. The number of carbonyl (C=O) groups excluding carboxylic acids is 2. The van der Waals surface area contributed by atoms with E-state index < -0.39 is 0 Å². The highest BCUT2D eigenvalue weighted by molar-refractivity contribution is 5.66. The van der Waals surface area contributed by atoms with Crippen LogP contribution in [0.3, 0.4) is 0 Å². The molecule has 134 valence electrons. The zero-order chi connectivity index (χ0) is 18.9. The molecule has 1 atom stereocenters. The first-order valence-electron chi connectivity index (χ1n) is 9.06. The van der Waals surface area contributed by atoms with E-state index in [9.17, 15) is 9.59 Å². The average Bonchev–Trinajstić information content (AvgIpc) is 2.64. The number of aryl methyl sites for hydroxylation is 1. The third-order valence-electron chi connectivity index (χ3n) is 4.59. The molecule has 0 aliphatic carbocycles. The van der Waals surface area contributed by atoms with Crippen molar-refractivity contribution >= 4 is 23.5 Å². The van der Waals surface area contributed by atoms with Gasteiger partial charge in [-0.3, -0.25) is 0 Å². The van der Waals surface area contributed by atoms with Gasteiger partial charge in [-0.1, -0.05) is 57.9 Å². The second-order valence-electron chi connectivity index (χ2n) is 6.36. The number of hydrogen-bond acceptors (Lipinski definition) is 4. The topological polar surface area (TPSA) is 58.9 Å². The molecule has 1 unspecified atom stereocenters. The molecular weight excluding hydrogens is 324 g/mol. The maximum Gasteiger partial charge on any atom is 0.240 e. The fourth-order valence-electron chi connectivity index (χ4n) is 3.46. The molecule has 0 spiro atoms. The molecule has 0 saturated heterocycles. The van der Waals surface area contributed by atoms with Crippen LogP contribution in [0.2, 0.25) is 0 Å². The summed E-state index contributed by atoms with van der Waals surface area (Å²) in [6.07, 6.45) is 7.00. The van der Waals surface area contributed by atoms with Crippen molar-refractivity contribution in [1.82, 2.24) is 0 Å². The van der Waals surface area contributed by atoms with Gasteiger partial charge < -0.3 is 0 Å². The van der Waals surface area contributed by atoms with Crippen molar-refractivity contribution in [3.8, 4) is 0 Å². The number of aliphatic imine (C=N–C) groups is 2. The molecule has 0 aromatic heterocycles. The first-order chi connectivity index (χ1) is 12.7. The van der Waals surface area contributed by atoms with Crippen LogP contribution in [0.25, 0.3) is 0 Å². The molecule has 0 heterocycles. The first-order valence-corrected chi connectivity index (χ1v) is 9.06. The van der Waals surface area contributed by atoms with Gasteiger partial charge in [0.15, 0.2) is 0 Å². The Hall–Kier alpha value is -2.80. The Kier molecular flexibility index (Phi) is 7.23. The molecule has 0 aliphatic rings. The summed E-state index contributed by atoms with van der Waals surface area (Å²) in [5, 5.41) is 0. The molecule has 0 bridgehead atoms. The minimum absolute atomic E-state index is 0.0988. The van der Waals surface area contributed by atoms with Crippen molar-refractivity contribution in [2.45, 2.75) is 52.4 Å². The number of rotatable bonds is 8. The second-order valence-corrected chi connectivity index (χ2v) is 6.36. The highest BCUT2D eigenvalue weighted by atomic mass is 16.1. The Morgan fingerprint density at radius 3 is 2.27 bits per heavy atom. The Balaban J connectivity index is 2.69. The summed E-state index contributed by atoms with van der Waals surface area (Å²) in [6.45, 7) is 6.40. The Morgan fingerprint density at radius 2 is 1.62 bits per heavy atom. The van der Waals surface area contributed by atoms with E-state index in [1.807, 2.05) is 12.1 Å². The normalized spacial score (nSPS) is 11.3. The van der Waals surface area contributed by atoms with Crippen LogP contribution < -0.4 is 0 Å². The van der Waals surface area contributed by atoms with Gasteiger partial charge in [0.2, 0.25) is 12.2 Å². The lowest BCUT2D eigenvalue weighted by atomic mass is 9.84. The van der Waals surface area contributed by atoms with E-state index in [1.165, 1.54) is 11.1 Å². The minimum atomic E-state index is 0.0988. The summed E-state index contributed by atoms with van der Waals surface area (Å²) in [6, 6.07) is 12.0. The van der Waals surface area contributed by atoms with Crippen LogP contribution in [0.15, 0.2) is 46.4 Å². The van der Waals surface area contributed by atoms with Gasteiger partial charge in [-0.25, -0.2) is 9.59 Å². The zero-order valence-corrected chi connectivity index (χ0v) is 15.6. The van der Waals surface area contributed by atoms with Gasteiger partial charge in [0, 0.05) is 5.92 Å². The predicted octanol–water partition coefficient (Wildman–Crippen LogP) is 5.68. The quantitative estimate of drug-likeness (QED) is 0.455. The van der Waals surface area contributed by atoms with Gasteiger partial charge in [0.25, 0.3) is 0 Å². The van der Waals surface area contributed by atoms with Crippen molar-refractivity contribution in [2.24, 2.45) is 9.98 Å². The van der Waals surface area contributed by atoms with Gasteiger partial charge >= 0.3 is 0 Å². The number of nitrogens with zero attached hydrogens (tertiary/aromatic N) is 2. The van der Waals surface area contributed by atoms with E-state index in [0.29, 0.717) is 11.4 Å². The van der Waals surface area contributed by atoms with Gasteiger partial charge in [0.05, 0.1) is 11.4 Å². The first kappa shape index (κ1) is 19.5. The second kappa shape index (κ2) is 9.62. The molecule has 2 aromatic carbocycles. The van der Waals surface area contributed by atoms with Crippen LogP contribution in [0, 0.1) is 0 Å². The number of isocyanates is 2. The molecule has 4 heteroatoms. The third kappa shape index (κ3) is 4.43. The Morgan fingerprint density at radius 1 is 0.923 bits per heavy atom. The van der Waals surface area contributed by atoms with Crippen LogP contribution >= 0.6 is 0 Å². The van der Waals surface area contributed by atoms with E-state index in [-0.39, 0.29) is 5.92 Å². The lowest BCUT2D eigenvalue weighted by molar-refractivity contribution is 0.564. The monoisotopic (exact) mass is 348 g/mol. The van der Waals surface area contributed by atoms with E-state index in [4.69, 9.17) is 0 Å². The molecule has 0 aliphatic heterocycles. The van der Waals surface area contributed by atoms with Gasteiger partial charge in [-0.2, -0.15) is 9.98 Å². The number of benzene rings is 2. The summed E-state index contributed by atoms with van der Waals surface area (Å²) in [5.74, 6) is 0.0988. The molecule has 26 heavy (non-hydrogen) atoms. The van der Waals surface area contributed by atoms with Gasteiger partial charge in [-0.15, -0.1) is 0 Å². The smallest absolute Gasteiger partial charge is 0.211 e. The molecule has 2 rings (SSSR count). The number of hydrogen-bond donors (Lipinski definition) is 0. The SMILES string of the molecule is CCCc1ccccc1C(C)c1cc(N=C=O)cc(N=C=O)c1CCC. The Labute approximate surface area is 154 Å². The van der Waals surface area contributed by atoms with E-state index >= 15 is 0 Å². The van der Waals surface area contributed by atoms with Crippen LogP contribution in [-0.2, 0) is 22.4 Å². The summed E-state index contributed by atoms with van der Waals surface area (Å²) >= 11 is 0. The molecule has 0 amide bonds. The fraction of sp³-hybridized carbons (Fsp3) is 0.364. The van der Waals surface area contributed by atoms with Crippen molar-refractivity contribution in [3.05, 3.63) is 58.7 Å². The van der Waals surface area contributed by atoms with Gasteiger partial charge in [-0.05, 0) is 47.2 Å². The average molecular weight is 348 g/mol. The van der Waals surface area contributed by atoms with Crippen LogP contribution in [0.1, 0.15) is 61.8 Å². The van der Waals surface area contributed by atoms with Crippen LogP contribution in [0.5, 0.6) is 0 Å². The van der Waals surface area contributed by atoms with E-state index in [0.717, 1.165) is 36.8 Å². The molecule has 0 fully saturated rings. The van der Waals surface area contributed by atoms with Gasteiger partial charge in [0.1, 0.15) is 0 Å². The molecule has 0 saturated carbocycles. The Bertz CT molecular complexity index is 860. The molecule has 0 radical (unpaired) electrons. The van der Waals surface area contributed by atoms with E-state index in [2.05, 4.69) is 49.0 Å². The zero-order valence-electron chi connectivity index (χ0n) is 15.6. The predicted molar refractivity (Wildman–Crippen MR) is 104 cm³/mol. The maximum absolute atomic E-state index is 10.9. The molecule has 4 nitrogen and oxygen atoms in total. The summed E-state index contributed by atoms with van der Waals surface area (Å²) in [4.78, 5) is 29.3. The van der Waals surface area contributed by atoms with Crippen LogP contribution in [0.4, 0.5) is 11.4 Å². The lowest BCUT2D eigenvalue weighted by Gasteiger charge is -2.21.